The number of rotatable bonds is 7. The predicted molar refractivity (Wildman–Crippen MR) is 116 cm³/mol. The molecule has 0 bridgehead atoms. The van der Waals surface area contributed by atoms with Crippen molar-refractivity contribution in [1.29, 1.82) is 5.26 Å². The second-order valence-corrected chi connectivity index (χ2v) is 7.00. The van der Waals surface area contributed by atoms with Crippen molar-refractivity contribution in [2.75, 3.05) is 17.7 Å². The molecule has 3 aromatic rings. The van der Waals surface area contributed by atoms with Gasteiger partial charge in [-0.3, -0.25) is 4.79 Å². The molecule has 0 heterocycles. The Morgan fingerprint density at radius 1 is 0.966 bits per heavy atom. The maximum absolute atomic E-state index is 12.5. The average Bonchev–Trinajstić information content (AvgIpc) is 2.76. The number of hydrogen-bond acceptors (Lipinski definition) is 5. The van der Waals surface area contributed by atoms with Gasteiger partial charge in [-0.05, 0) is 36.4 Å². The van der Waals surface area contributed by atoms with E-state index in [9.17, 15) is 10.1 Å². The van der Waals surface area contributed by atoms with Gasteiger partial charge >= 0.3 is 0 Å². The molecule has 0 aliphatic carbocycles. The molecule has 0 unspecified atom stereocenters. The lowest BCUT2D eigenvalue weighted by molar-refractivity contribution is -0.112. The van der Waals surface area contributed by atoms with Crippen LogP contribution in [0.5, 0.6) is 5.75 Å². The number of nitriles is 1. The van der Waals surface area contributed by atoms with Gasteiger partial charge in [0, 0.05) is 16.0 Å². The number of nitrogens with zero attached hydrogens (tertiary/aromatic N) is 1. The van der Waals surface area contributed by atoms with Crippen LogP contribution in [-0.2, 0) is 4.79 Å². The minimum Gasteiger partial charge on any atom is -0.495 e. The highest BCUT2D eigenvalue weighted by atomic mass is 32.2. The minimum absolute atomic E-state index is 0.0459. The van der Waals surface area contributed by atoms with Crippen LogP contribution in [-0.4, -0.2) is 13.0 Å². The predicted octanol–water partition coefficient (Wildman–Crippen LogP) is 5.30. The minimum atomic E-state index is -0.516. The first-order valence-corrected chi connectivity index (χ1v) is 9.66. The lowest BCUT2D eigenvalue weighted by Crippen LogP contribution is -2.15. The van der Waals surface area contributed by atoms with Crippen LogP contribution in [0, 0.1) is 11.3 Å². The van der Waals surface area contributed by atoms with E-state index in [-0.39, 0.29) is 5.57 Å². The number of anilines is 2. The van der Waals surface area contributed by atoms with E-state index in [0.717, 1.165) is 15.5 Å². The molecule has 0 saturated carbocycles. The van der Waals surface area contributed by atoms with Crippen LogP contribution in [0.4, 0.5) is 11.4 Å². The Labute approximate surface area is 174 Å². The maximum atomic E-state index is 12.5. The van der Waals surface area contributed by atoms with Crippen LogP contribution in [0.2, 0.25) is 0 Å². The fourth-order valence-corrected chi connectivity index (χ4v) is 3.46. The zero-order chi connectivity index (χ0) is 20.5. The molecule has 0 aliphatic heterocycles. The molecule has 3 aromatic carbocycles. The highest BCUT2D eigenvalue weighted by Gasteiger charge is 2.12. The van der Waals surface area contributed by atoms with Gasteiger partial charge in [0.25, 0.3) is 5.91 Å². The molecule has 5 nitrogen and oxygen atoms in total. The molecular formula is C23H19N3O2S. The van der Waals surface area contributed by atoms with E-state index in [4.69, 9.17) is 4.74 Å². The van der Waals surface area contributed by atoms with Crippen molar-refractivity contribution in [2.45, 2.75) is 9.79 Å². The number of para-hydroxylation sites is 3. The second-order valence-electron chi connectivity index (χ2n) is 5.88. The van der Waals surface area contributed by atoms with Crippen LogP contribution < -0.4 is 15.4 Å². The maximum Gasteiger partial charge on any atom is 0.267 e. The lowest BCUT2D eigenvalue weighted by atomic mass is 10.2. The third kappa shape index (κ3) is 5.41. The van der Waals surface area contributed by atoms with E-state index in [1.54, 1.807) is 36.0 Å². The summed E-state index contributed by atoms with van der Waals surface area (Å²) in [5.41, 5.74) is 1.26. The molecule has 1 amide bonds. The number of nitrogens with one attached hydrogen (secondary N) is 2. The number of benzene rings is 3. The number of hydrogen-bond donors (Lipinski definition) is 2. The standard InChI is InChI=1S/C23H19N3O2S/c1-28-21-13-7-5-11-19(21)26-23(27)17(15-24)16-25-20-12-6-8-14-22(20)29-18-9-3-2-4-10-18/h2-14,16,25H,1H3,(H,26,27)/b17-16-. The summed E-state index contributed by atoms with van der Waals surface area (Å²) in [6, 6.07) is 26.7. The molecule has 0 saturated heterocycles. The van der Waals surface area contributed by atoms with Crippen molar-refractivity contribution in [3.63, 3.8) is 0 Å². The third-order valence-corrected chi connectivity index (χ3v) is 5.03. The van der Waals surface area contributed by atoms with Gasteiger partial charge in [0.05, 0.1) is 18.5 Å². The summed E-state index contributed by atoms with van der Waals surface area (Å²) in [6.07, 6.45) is 1.41. The molecule has 0 aliphatic rings. The molecule has 3 rings (SSSR count). The molecule has 144 valence electrons. The van der Waals surface area contributed by atoms with Crippen LogP contribution in [0.15, 0.2) is 100 Å². The van der Waals surface area contributed by atoms with Gasteiger partial charge in [-0.25, -0.2) is 0 Å². The average molecular weight is 401 g/mol. The van der Waals surface area contributed by atoms with Crippen molar-refractivity contribution in [3.8, 4) is 11.8 Å². The second kappa shape index (κ2) is 10.0. The molecule has 6 heteroatoms. The highest BCUT2D eigenvalue weighted by molar-refractivity contribution is 7.99. The number of methoxy groups -OCH3 is 1. The summed E-state index contributed by atoms with van der Waals surface area (Å²) in [4.78, 5) is 14.6. The zero-order valence-electron chi connectivity index (χ0n) is 15.8. The third-order valence-electron chi connectivity index (χ3n) is 3.95. The molecule has 0 aromatic heterocycles. The van der Waals surface area contributed by atoms with Crippen LogP contribution in [0.3, 0.4) is 0 Å². The SMILES string of the molecule is COc1ccccc1NC(=O)/C(C#N)=C\Nc1ccccc1Sc1ccccc1. The first-order chi connectivity index (χ1) is 14.2. The summed E-state index contributed by atoms with van der Waals surface area (Å²) in [5, 5.41) is 15.2. The van der Waals surface area contributed by atoms with Gasteiger partial charge in [0.1, 0.15) is 17.4 Å². The van der Waals surface area contributed by atoms with E-state index in [1.807, 2.05) is 60.7 Å². The van der Waals surface area contributed by atoms with Crippen LogP contribution in [0.1, 0.15) is 0 Å². The monoisotopic (exact) mass is 401 g/mol. The van der Waals surface area contributed by atoms with Crippen molar-refractivity contribution in [3.05, 3.63) is 90.6 Å². The Hall–Kier alpha value is -3.69. The molecule has 0 fully saturated rings. The Morgan fingerprint density at radius 2 is 1.62 bits per heavy atom. The van der Waals surface area contributed by atoms with Gasteiger partial charge in [-0.2, -0.15) is 5.26 Å². The molecule has 0 spiro atoms. The van der Waals surface area contributed by atoms with Crippen LogP contribution in [0.25, 0.3) is 0 Å². The molecular weight excluding hydrogens is 382 g/mol. The van der Waals surface area contributed by atoms with E-state index >= 15 is 0 Å². The summed E-state index contributed by atoms with van der Waals surface area (Å²) in [5.74, 6) is 0.00778. The Kier molecular flexibility index (Phi) is 6.93. The Morgan fingerprint density at radius 3 is 2.34 bits per heavy atom. The topological polar surface area (TPSA) is 74.1 Å². The normalized spacial score (nSPS) is 10.7. The first kappa shape index (κ1) is 20.1. The van der Waals surface area contributed by atoms with Gasteiger partial charge in [-0.15, -0.1) is 0 Å². The van der Waals surface area contributed by atoms with Crippen molar-refractivity contribution in [2.24, 2.45) is 0 Å². The van der Waals surface area contributed by atoms with Gasteiger partial charge in [0.2, 0.25) is 0 Å². The Balaban J connectivity index is 1.76. The molecule has 2 N–H and O–H groups in total. The van der Waals surface area contributed by atoms with Crippen molar-refractivity contribution in [1.82, 2.24) is 0 Å². The zero-order valence-corrected chi connectivity index (χ0v) is 16.6. The first-order valence-electron chi connectivity index (χ1n) is 8.84. The van der Waals surface area contributed by atoms with E-state index < -0.39 is 5.91 Å². The van der Waals surface area contributed by atoms with Crippen LogP contribution >= 0.6 is 11.8 Å². The number of ether oxygens (including phenoxy) is 1. The summed E-state index contributed by atoms with van der Waals surface area (Å²) in [6.45, 7) is 0. The largest absolute Gasteiger partial charge is 0.495 e. The highest BCUT2D eigenvalue weighted by Crippen LogP contribution is 2.33. The summed E-state index contributed by atoms with van der Waals surface area (Å²) in [7, 11) is 1.52. The van der Waals surface area contributed by atoms with Crippen molar-refractivity contribution >= 4 is 29.0 Å². The number of carbonyl (C=O) groups is 1. The van der Waals surface area contributed by atoms with Gasteiger partial charge < -0.3 is 15.4 Å². The van der Waals surface area contributed by atoms with Gasteiger partial charge in [0.15, 0.2) is 0 Å². The van der Waals surface area contributed by atoms with E-state index in [0.29, 0.717) is 11.4 Å². The fourth-order valence-electron chi connectivity index (χ4n) is 2.53. The lowest BCUT2D eigenvalue weighted by Gasteiger charge is -2.11. The van der Waals surface area contributed by atoms with E-state index in [2.05, 4.69) is 10.6 Å². The number of carbonyl (C=O) groups excluding carboxylic acids is 1. The molecule has 0 radical (unpaired) electrons. The summed E-state index contributed by atoms with van der Waals surface area (Å²) >= 11 is 1.60. The quantitative estimate of drug-likeness (QED) is 0.415. The van der Waals surface area contributed by atoms with E-state index in [1.165, 1.54) is 13.3 Å². The smallest absolute Gasteiger partial charge is 0.267 e. The van der Waals surface area contributed by atoms with Gasteiger partial charge in [-0.1, -0.05) is 54.2 Å². The summed E-state index contributed by atoms with van der Waals surface area (Å²) < 4.78 is 5.23. The fraction of sp³-hybridized carbons (Fsp3) is 0.0435. The molecule has 29 heavy (non-hydrogen) atoms. The molecule has 0 atom stereocenters. The van der Waals surface area contributed by atoms with Crippen molar-refractivity contribution < 1.29 is 9.53 Å². The number of amides is 1. The Bertz CT molecular complexity index is 1060.